The predicted molar refractivity (Wildman–Crippen MR) is 100 cm³/mol. The first-order chi connectivity index (χ1) is 11.6. The highest BCUT2D eigenvalue weighted by Gasteiger charge is 2.13. The molecule has 0 aliphatic heterocycles. The molecule has 0 bridgehead atoms. The maximum Gasteiger partial charge on any atom is 0.228 e. The molecule has 1 amide bonds. The average molecular weight is 408 g/mol. The van der Waals surface area contributed by atoms with Gasteiger partial charge in [0.15, 0.2) is 5.58 Å². The molecule has 3 aromatic rings. The van der Waals surface area contributed by atoms with Crippen molar-refractivity contribution in [2.24, 2.45) is 0 Å². The second kappa shape index (κ2) is 7.36. The minimum Gasteiger partial charge on any atom is -0.436 e. The topological polar surface area (TPSA) is 55.1 Å². The van der Waals surface area contributed by atoms with Crippen LogP contribution in [0, 0.1) is 0 Å². The molecule has 0 atom stereocenters. The van der Waals surface area contributed by atoms with Gasteiger partial charge < -0.3 is 9.73 Å². The average Bonchev–Trinajstić information content (AvgIpc) is 2.98. The zero-order valence-corrected chi connectivity index (χ0v) is 15.4. The quantitative estimate of drug-likeness (QED) is 0.561. The summed E-state index contributed by atoms with van der Waals surface area (Å²) in [5, 5.41) is 3.45. The number of aromatic nitrogens is 1. The number of unbranched alkanes of at least 4 members (excludes halogenated alkanes) is 1. The number of nitrogens with one attached hydrogen (secondary N) is 1. The van der Waals surface area contributed by atoms with E-state index in [1.807, 2.05) is 18.2 Å². The van der Waals surface area contributed by atoms with Gasteiger partial charge in [-0.15, -0.1) is 0 Å². The molecule has 0 aliphatic rings. The van der Waals surface area contributed by atoms with Crippen molar-refractivity contribution in [3.8, 4) is 11.5 Å². The highest BCUT2D eigenvalue weighted by Crippen LogP contribution is 2.32. The van der Waals surface area contributed by atoms with Crippen molar-refractivity contribution in [1.29, 1.82) is 0 Å². The van der Waals surface area contributed by atoms with Crippen LogP contribution < -0.4 is 5.32 Å². The summed E-state index contributed by atoms with van der Waals surface area (Å²) in [7, 11) is 0. The summed E-state index contributed by atoms with van der Waals surface area (Å²) in [6.07, 6.45) is 2.39. The molecule has 1 heterocycles. The van der Waals surface area contributed by atoms with Gasteiger partial charge in [0, 0.05) is 16.6 Å². The lowest BCUT2D eigenvalue weighted by atomic mass is 10.2. The van der Waals surface area contributed by atoms with Gasteiger partial charge in [-0.2, -0.15) is 0 Å². The van der Waals surface area contributed by atoms with Crippen LogP contribution in [0.1, 0.15) is 26.2 Å². The molecule has 24 heavy (non-hydrogen) atoms. The number of oxazole rings is 1. The number of amides is 1. The van der Waals surface area contributed by atoms with Gasteiger partial charge in [0.1, 0.15) is 5.52 Å². The van der Waals surface area contributed by atoms with Crippen molar-refractivity contribution in [3.05, 3.63) is 45.9 Å². The first-order valence-corrected chi connectivity index (χ1v) is 8.90. The van der Waals surface area contributed by atoms with E-state index in [2.05, 4.69) is 33.2 Å². The normalized spacial score (nSPS) is 11.0. The number of carbonyl (C=O) groups is 1. The fourth-order valence-corrected chi connectivity index (χ4v) is 2.90. The van der Waals surface area contributed by atoms with Crippen molar-refractivity contribution in [2.75, 3.05) is 5.32 Å². The van der Waals surface area contributed by atoms with Crippen LogP contribution in [-0.2, 0) is 4.79 Å². The summed E-state index contributed by atoms with van der Waals surface area (Å²) in [5.41, 5.74) is 2.75. The van der Waals surface area contributed by atoms with Gasteiger partial charge in [-0.05, 0) is 42.8 Å². The Kier molecular flexibility index (Phi) is 5.21. The van der Waals surface area contributed by atoms with Gasteiger partial charge >= 0.3 is 0 Å². The lowest BCUT2D eigenvalue weighted by Gasteiger charge is -2.03. The second-order valence-corrected chi connectivity index (χ2v) is 6.80. The van der Waals surface area contributed by atoms with Crippen LogP contribution in [0.5, 0.6) is 0 Å². The number of rotatable bonds is 5. The molecule has 2 aromatic carbocycles. The van der Waals surface area contributed by atoms with Crippen LogP contribution >= 0.6 is 27.5 Å². The van der Waals surface area contributed by atoms with Gasteiger partial charge in [-0.1, -0.05) is 40.9 Å². The molecular weight excluding hydrogens is 392 g/mol. The van der Waals surface area contributed by atoms with E-state index >= 15 is 0 Å². The first-order valence-electron chi connectivity index (χ1n) is 7.72. The van der Waals surface area contributed by atoms with Crippen LogP contribution in [0.3, 0.4) is 0 Å². The molecule has 1 aromatic heterocycles. The van der Waals surface area contributed by atoms with E-state index in [9.17, 15) is 4.79 Å². The molecule has 0 saturated heterocycles. The molecule has 3 rings (SSSR count). The highest BCUT2D eigenvalue weighted by atomic mass is 79.9. The largest absolute Gasteiger partial charge is 0.436 e. The highest BCUT2D eigenvalue weighted by molar-refractivity contribution is 9.10. The Morgan fingerprint density at radius 2 is 2.12 bits per heavy atom. The van der Waals surface area contributed by atoms with Crippen molar-refractivity contribution in [2.45, 2.75) is 26.2 Å². The summed E-state index contributed by atoms with van der Waals surface area (Å²) in [4.78, 5) is 16.3. The number of hydrogen-bond donors (Lipinski definition) is 1. The van der Waals surface area contributed by atoms with Crippen LogP contribution in [0.15, 0.2) is 45.3 Å². The van der Waals surface area contributed by atoms with Crippen LogP contribution in [-0.4, -0.2) is 10.9 Å². The minimum atomic E-state index is 0.00922. The number of carbonyl (C=O) groups excluding carboxylic acids is 1. The van der Waals surface area contributed by atoms with E-state index in [0.717, 1.165) is 22.9 Å². The Labute approximate surface area is 153 Å². The Morgan fingerprint density at radius 1 is 1.29 bits per heavy atom. The van der Waals surface area contributed by atoms with E-state index in [1.54, 1.807) is 18.2 Å². The van der Waals surface area contributed by atoms with Crippen molar-refractivity contribution < 1.29 is 9.21 Å². The zero-order valence-electron chi connectivity index (χ0n) is 13.1. The van der Waals surface area contributed by atoms with Crippen LogP contribution in [0.2, 0.25) is 5.02 Å². The smallest absolute Gasteiger partial charge is 0.228 e. The van der Waals surface area contributed by atoms with E-state index in [1.165, 1.54) is 0 Å². The van der Waals surface area contributed by atoms with Crippen LogP contribution in [0.25, 0.3) is 22.6 Å². The van der Waals surface area contributed by atoms with Gasteiger partial charge in [-0.3, -0.25) is 4.79 Å². The van der Waals surface area contributed by atoms with Crippen LogP contribution in [0.4, 0.5) is 5.69 Å². The van der Waals surface area contributed by atoms with Gasteiger partial charge in [0.25, 0.3) is 0 Å². The maximum absolute atomic E-state index is 11.8. The molecule has 0 saturated carbocycles. The monoisotopic (exact) mass is 406 g/mol. The lowest BCUT2D eigenvalue weighted by Crippen LogP contribution is -2.10. The van der Waals surface area contributed by atoms with E-state index < -0.39 is 0 Å². The molecule has 0 unspecified atom stereocenters. The van der Waals surface area contributed by atoms with Gasteiger partial charge in [-0.25, -0.2) is 4.98 Å². The SMILES string of the molecule is CCCCC(=O)Nc1ccc2oc(-c3cc(Br)ccc3Cl)nc2c1. The van der Waals surface area contributed by atoms with Crippen molar-refractivity contribution in [1.82, 2.24) is 4.98 Å². The summed E-state index contributed by atoms with van der Waals surface area (Å²) in [6.45, 7) is 2.06. The summed E-state index contributed by atoms with van der Waals surface area (Å²) in [6, 6.07) is 10.9. The number of halogens is 2. The summed E-state index contributed by atoms with van der Waals surface area (Å²) < 4.78 is 6.68. The zero-order chi connectivity index (χ0) is 17.1. The summed E-state index contributed by atoms with van der Waals surface area (Å²) in [5.74, 6) is 0.459. The third-order valence-electron chi connectivity index (χ3n) is 3.59. The van der Waals surface area contributed by atoms with Crippen molar-refractivity contribution in [3.63, 3.8) is 0 Å². The number of anilines is 1. The Balaban J connectivity index is 1.89. The standard InChI is InChI=1S/C18H16BrClN2O2/c1-2-3-4-17(23)21-12-6-8-16-15(10-12)22-18(24-16)13-9-11(19)5-7-14(13)20/h5-10H,2-4H2,1H3,(H,21,23). The number of benzene rings is 2. The number of nitrogens with zero attached hydrogens (tertiary/aromatic N) is 1. The molecule has 0 radical (unpaired) electrons. The van der Waals surface area contributed by atoms with Gasteiger partial charge in [0.05, 0.1) is 10.6 Å². The molecular formula is C18H16BrClN2O2. The molecule has 4 nitrogen and oxygen atoms in total. The maximum atomic E-state index is 11.8. The molecule has 0 fully saturated rings. The Hall–Kier alpha value is -1.85. The fourth-order valence-electron chi connectivity index (χ4n) is 2.34. The molecule has 1 N–H and O–H groups in total. The van der Waals surface area contributed by atoms with E-state index in [4.69, 9.17) is 16.0 Å². The van der Waals surface area contributed by atoms with Gasteiger partial charge in [0.2, 0.25) is 11.8 Å². The second-order valence-electron chi connectivity index (χ2n) is 5.48. The van der Waals surface area contributed by atoms with Crippen molar-refractivity contribution >= 4 is 50.2 Å². The number of fused-ring (bicyclic) bond motifs is 1. The molecule has 6 heteroatoms. The fraction of sp³-hybridized carbons (Fsp3) is 0.222. The Bertz CT molecular complexity index is 892. The predicted octanol–water partition coefficient (Wildman–Crippen LogP) is 6.04. The summed E-state index contributed by atoms with van der Waals surface area (Å²) >= 11 is 9.65. The molecule has 124 valence electrons. The molecule has 0 spiro atoms. The van der Waals surface area contributed by atoms with E-state index in [-0.39, 0.29) is 5.91 Å². The number of hydrogen-bond acceptors (Lipinski definition) is 3. The van der Waals surface area contributed by atoms with E-state index in [0.29, 0.717) is 34.1 Å². The third kappa shape index (κ3) is 3.79. The molecule has 0 aliphatic carbocycles. The minimum absolute atomic E-state index is 0.00922. The third-order valence-corrected chi connectivity index (χ3v) is 4.41. The first kappa shape index (κ1) is 17.0. The lowest BCUT2D eigenvalue weighted by molar-refractivity contribution is -0.116. The Morgan fingerprint density at radius 3 is 2.92 bits per heavy atom.